The Morgan fingerprint density at radius 3 is 2.32 bits per heavy atom. The number of aliphatic carboxylic acids is 1. The van der Waals surface area contributed by atoms with Gasteiger partial charge in [-0.15, -0.1) is 0 Å². The Bertz CT molecular complexity index is 555. The number of amides is 1. The van der Waals surface area contributed by atoms with Gasteiger partial charge in [0.25, 0.3) is 5.79 Å². The molecule has 13 nitrogen and oxygen atoms in total. The number of nitrogens with two attached hydrogens (primary N) is 2. The van der Waals surface area contributed by atoms with Crippen LogP contribution in [-0.2, 0) is 14.3 Å². The van der Waals surface area contributed by atoms with Crippen LogP contribution in [0.4, 0.5) is 0 Å². The number of nitrogens with zero attached hydrogens (tertiary/aromatic N) is 1. The maximum atomic E-state index is 11.4. The van der Waals surface area contributed by atoms with Crippen LogP contribution in [0.3, 0.4) is 0 Å². The predicted octanol–water partition coefficient (Wildman–Crippen LogP) is -5.27. The van der Waals surface area contributed by atoms with Gasteiger partial charge in [0.15, 0.2) is 11.7 Å². The molecule has 0 saturated carbocycles. The largest absolute Gasteiger partial charge is 0.477 e. The number of hydrogen-bond donors (Lipinski definition) is 9. The molecule has 0 aromatic heterocycles. The molecule has 6 atom stereocenters. The SMILES string of the molecule is CC(=O)N[C@H]1[C@H]([C@H](O)[C@H](O)CO)OC(O)(C(=O)O)C[C@@]1(O)N=C(N)N. The van der Waals surface area contributed by atoms with Crippen LogP contribution in [0.25, 0.3) is 0 Å². The van der Waals surface area contributed by atoms with Gasteiger partial charge in [-0.1, -0.05) is 0 Å². The van der Waals surface area contributed by atoms with Gasteiger partial charge in [0, 0.05) is 6.92 Å². The van der Waals surface area contributed by atoms with Crippen molar-refractivity contribution in [2.75, 3.05) is 6.61 Å². The summed E-state index contributed by atoms with van der Waals surface area (Å²) in [5.41, 5.74) is 7.81. The van der Waals surface area contributed by atoms with Gasteiger partial charge in [-0.3, -0.25) is 4.79 Å². The summed E-state index contributed by atoms with van der Waals surface area (Å²) in [5.74, 6) is -6.44. The van der Waals surface area contributed by atoms with E-state index in [-0.39, 0.29) is 0 Å². The normalized spacial score (nSPS) is 34.6. The Morgan fingerprint density at radius 2 is 1.92 bits per heavy atom. The zero-order chi connectivity index (χ0) is 19.6. The highest BCUT2D eigenvalue weighted by molar-refractivity contribution is 5.78. The van der Waals surface area contributed by atoms with Crippen LogP contribution in [-0.4, -0.2) is 90.9 Å². The first kappa shape index (κ1) is 21.0. The van der Waals surface area contributed by atoms with Gasteiger partial charge in [-0.05, 0) is 0 Å². The van der Waals surface area contributed by atoms with Crippen molar-refractivity contribution in [2.24, 2.45) is 16.5 Å². The van der Waals surface area contributed by atoms with Crippen molar-refractivity contribution in [1.82, 2.24) is 5.32 Å². The second-order valence-electron chi connectivity index (χ2n) is 5.68. The lowest BCUT2D eigenvalue weighted by Gasteiger charge is -2.48. The highest BCUT2D eigenvalue weighted by Crippen LogP contribution is 2.37. The summed E-state index contributed by atoms with van der Waals surface area (Å²) in [6.07, 6.45) is -6.86. The van der Waals surface area contributed by atoms with Crippen molar-refractivity contribution in [3.8, 4) is 0 Å². The van der Waals surface area contributed by atoms with Crippen molar-refractivity contribution < 1.29 is 45.0 Å². The van der Waals surface area contributed by atoms with Gasteiger partial charge in [0.2, 0.25) is 5.91 Å². The van der Waals surface area contributed by atoms with Gasteiger partial charge in [-0.2, -0.15) is 0 Å². The van der Waals surface area contributed by atoms with E-state index in [9.17, 15) is 30.0 Å². The number of hydrogen-bond acceptors (Lipinski definition) is 9. The number of guanidine groups is 1. The van der Waals surface area contributed by atoms with Crippen LogP contribution in [0, 0.1) is 0 Å². The molecule has 0 bridgehead atoms. The average Bonchev–Trinajstić information content (AvgIpc) is 2.46. The van der Waals surface area contributed by atoms with Gasteiger partial charge < -0.3 is 52.2 Å². The number of nitrogens with one attached hydrogen (secondary N) is 1. The lowest BCUT2D eigenvalue weighted by atomic mass is 9.84. The second-order valence-corrected chi connectivity index (χ2v) is 5.68. The molecule has 144 valence electrons. The number of carbonyl (C=O) groups is 2. The second kappa shape index (κ2) is 7.47. The summed E-state index contributed by atoms with van der Waals surface area (Å²) < 4.78 is 4.92. The Morgan fingerprint density at radius 1 is 1.36 bits per heavy atom. The minimum atomic E-state index is -3.05. The number of aliphatic imine (C=N–C) groups is 1. The Balaban J connectivity index is 3.47. The number of carboxylic acid groups (broad SMARTS) is 1. The summed E-state index contributed by atoms with van der Waals surface area (Å²) in [6, 6.07) is -1.66. The molecule has 0 aromatic carbocycles. The van der Waals surface area contributed by atoms with Crippen LogP contribution < -0.4 is 16.8 Å². The molecule has 13 heteroatoms. The quantitative estimate of drug-likeness (QED) is 0.159. The number of ether oxygens (including phenoxy) is 1. The van der Waals surface area contributed by atoms with E-state index >= 15 is 0 Å². The van der Waals surface area contributed by atoms with Crippen molar-refractivity contribution in [3.63, 3.8) is 0 Å². The molecular formula is C12H22N4O9. The number of carboxylic acids is 1. The average molecular weight is 366 g/mol. The molecule has 0 spiro atoms. The van der Waals surface area contributed by atoms with Crippen LogP contribution >= 0.6 is 0 Å². The van der Waals surface area contributed by atoms with Crippen LogP contribution in [0.15, 0.2) is 4.99 Å². The predicted molar refractivity (Wildman–Crippen MR) is 79.5 cm³/mol. The summed E-state index contributed by atoms with van der Waals surface area (Å²) in [4.78, 5) is 26.2. The Hall–Kier alpha value is -2.03. The van der Waals surface area contributed by atoms with Crippen molar-refractivity contribution in [2.45, 2.75) is 49.2 Å². The van der Waals surface area contributed by atoms with Crippen LogP contribution in [0.1, 0.15) is 13.3 Å². The number of rotatable bonds is 6. The van der Waals surface area contributed by atoms with Crippen LogP contribution in [0.2, 0.25) is 0 Å². The van der Waals surface area contributed by atoms with E-state index in [0.29, 0.717) is 0 Å². The molecule has 1 aliphatic rings. The molecule has 1 aliphatic heterocycles. The molecule has 1 fully saturated rings. The molecule has 0 aromatic rings. The maximum Gasteiger partial charge on any atom is 0.364 e. The fourth-order valence-electron chi connectivity index (χ4n) is 2.53. The van der Waals surface area contributed by atoms with E-state index in [1.807, 2.05) is 0 Å². The molecule has 0 radical (unpaired) electrons. The zero-order valence-electron chi connectivity index (χ0n) is 13.2. The van der Waals surface area contributed by atoms with E-state index in [1.165, 1.54) is 0 Å². The van der Waals surface area contributed by atoms with Gasteiger partial charge in [0.1, 0.15) is 24.4 Å². The Labute approximate surface area is 141 Å². The monoisotopic (exact) mass is 366 g/mol. The zero-order valence-corrected chi connectivity index (χ0v) is 13.2. The van der Waals surface area contributed by atoms with E-state index in [2.05, 4.69) is 10.3 Å². The molecule has 1 rings (SSSR count). The van der Waals surface area contributed by atoms with Crippen molar-refractivity contribution in [3.05, 3.63) is 0 Å². The Kier molecular flexibility index (Phi) is 6.28. The van der Waals surface area contributed by atoms with Crippen LogP contribution in [0.5, 0.6) is 0 Å². The molecule has 1 heterocycles. The molecule has 1 unspecified atom stereocenters. The van der Waals surface area contributed by atoms with E-state index in [0.717, 1.165) is 6.92 Å². The smallest absolute Gasteiger partial charge is 0.364 e. The molecule has 1 amide bonds. The third-order valence-electron chi connectivity index (χ3n) is 3.59. The van der Waals surface area contributed by atoms with E-state index in [1.54, 1.807) is 0 Å². The molecule has 0 aliphatic carbocycles. The van der Waals surface area contributed by atoms with Gasteiger partial charge in [-0.25, -0.2) is 9.79 Å². The molecule has 11 N–H and O–H groups in total. The van der Waals surface area contributed by atoms with E-state index in [4.69, 9.17) is 26.4 Å². The number of aliphatic hydroxyl groups is 5. The minimum Gasteiger partial charge on any atom is -0.477 e. The maximum absolute atomic E-state index is 11.4. The fraction of sp³-hybridized carbons (Fsp3) is 0.750. The standard InChI is InChI=1S/C12H22N4O9/c1-4(18)15-8-7(6(20)5(19)2-17)25-12(24,9(21)22)3-11(8,23)16-10(13)14/h5-8,17,19-20,23-24H,2-3H2,1H3,(H,15,18)(H,21,22)(H4,13,14,16)/t5-,6-,7+,8+,11+,12?/m1/s1. The lowest BCUT2D eigenvalue weighted by Crippen LogP contribution is -2.72. The fourth-order valence-corrected chi connectivity index (χ4v) is 2.53. The third kappa shape index (κ3) is 4.53. The van der Waals surface area contributed by atoms with Crippen molar-refractivity contribution >= 4 is 17.8 Å². The summed E-state index contributed by atoms with van der Waals surface area (Å²) in [6.45, 7) is 0.0832. The minimum absolute atomic E-state index is 0.705. The highest BCUT2D eigenvalue weighted by Gasteiger charge is 2.61. The topological polar surface area (TPSA) is 241 Å². The highest BCUT2D eigenvalue weighted by atomic mass is 16.7. The first-order valence-electron chi connectivity index (χ1n) is 7.07. The van der Waals surface area contributed by atoms with Gasteiger partial charge >= 0.3 is 5.97 Å². The first-order valence-corrected chi connectivity index (χ1v) is 7.07. The lowest BCUT2D eigenvalue weighted by molar-refractivity contribution is -0.311. The third-order valence-corrected chi connectivity index (χ3v) is 3.59. The number of carbonyl (C=O) groups excluding carboxylic acids is 1. The summed E-state index contributed by atoms with van der Waals surface area (Å²) in [7, 11) is 0. The van der Waals surface area contributed by atoms with Crippen molar-refractivity contribution in [1.29, 1.82) is 0 Å². The summed E-state index contributed by atoms with van der Waals surface area (Å²) in [5, 5.41) is 60.8. The van der Waals surface area contributed by atoms with Gasteiger partial charge in [0.05, 0.1) is 13.0 Å². The van der Waals surface area contributed by atoms with E-state index < -0.39 is 66.7 Å². The molecule has 25 heavy (non-hydrogen) atoms. The summed E-state index contributed by atoms with van der Waals surface area (Å²) >= 11 is 0. The number of aliphatic hydroxyl groups excluding tert-OH is 3. The first-order chi connectivity index (χ1) is 11.4. The molecule has 1 saturated heterocycles. The molecular weight excluding hydrogens is 344 g/mol.